The van der Waals surface area contributed by atoms with Crippen LogP contribution in [0.1, 0.15) is 61.6 Å². The van der Waals surface area contributed by atoms with E-state index in [-0.39, 0.29) is 0 Å². The Morgan fingerprint density at radius 1 is 1.10 bits per heavy atom. The van der Waals surface area contributed by atoms with Gasteiger partial charge < -0.3 is 15.2 Å². The van der Waals surface area contributed by atoms with Crippen LogP contribution in [0.15, 0.2) is 42.5 Å². The van der Waals surface area contributed by atoms with Crippen LogP contribution in [0, 0.1) is 17.3 Å². The van der Waals surface area contributed by atoms with Crippen LogP contribution in [0.25, 0.3) is 0 Å². The molecule has 0 saturated heterocycles. The van der Waals surface area contributed by atoms with Gasteiger partial charge in [0.2, 0.25) is 0 Å². The van der Waals surface area contributed by atoms with Crippen molar-refractivity contribution in [3.8, 4) is 11.5 Å². The quantitative estimate of drug-likeness (QED) is 0.732. The Kier molecular flexibility index (Phi) is 4.82. The van der Waals surface area contributed by atoms with Crippen LogP contribution in [-0.2, 0) is 13.0 Å². The van der Waals surface area contributed by atoms with E-state index in [1.54, 1.807) is 18.7 Å². The van der Waals surface area contributed by atoms with Gasteiger partial charge in [-0.05, 0) is 103 Å². The lowest BCUT2D eigenvalue weighted by atomic mass is 9.55. The van der Waals surface area contributed by atoms with Crippen LogP contribution in [0.5, 0.6) is 11.5 Å². The summed E-state index contributed by atoms with van der Waals surface area (Å²) >= 11 is 0. The van der Waals surface area contributed by atoms with Crippen molar-refractivity contribution < 1.29 is 9.84 Å². The van der Waals surface area contributed by atoms with E-state index in [9.17, 15) is 5.11 Å². The number of aryl methyl sites for hydroxylation is 1. The minimum atomic E-state index is 0.359. The third kappa shape index (κ3) is 3.24. The Balaban J connectivity index is 1.33. The molecule has 3 aliphatic rings. The minimum absolute atomic E-state index is 0.359. The second kappa shape index (κ2) is 7.36. The van der Waals surface area contributed by atoms with Crippen molar-refractivity contribution in [3.05, 3.63) is 59.2 Å². The van der Waals surface area contributed by atoms with E-state index in [2.05, 4.69) is 36.5 Å². The van der Waals surface area contributed by atoms with Crippen molar-refractivity contribution in [2.24, 2.45) is 17.3 Å². The van der Waals surface area contributed by atoms with Gasteiger partial charge in [0.15, 0.2) is 0 Å². The molecule has 29 heavy (non-hydrogen) atoms. The molecule has 2 aromatic rings. The predicted octanol–water partition coefficient (Wildman–Crippen LogP) is 5.42. The molecular formula is C26H33NO2. The molecular weight excluding hydrogens is 358 g/mol. The van der Waals surface area contributed by atoms with Crippen molar-refractivity contribution in [2.75, 3.05) is 7.11 Å². The Morgan fingerprint density at radius 3 is 2.83 bits per heavy atom. The molecule has 2 fully saturated rings. The summed E-state index contributed by atoms with van der Waals surface area (Å²) in [6.45, 7) is 3.39. The summed E-state index contributed by atoms with van der Waals surface area (Å²) in [5.74, 6) is 3.73. The summed E-state index contributed by atoms with van der Waals surface area (Å²) < 4.78 is 5.46. The normalized spacial score (nSPS) is 32.9. The highest BCUT2D eigenvalue weighted by Crippen LogP contribution is 2.61. The zero-order valence-corrected chi connectivity index (χ0v) is 17.7. The zero-order chi connectivity index (χ0) is 20.0. The van der Waals surface area contributed by atoms with E-state index in [1.807, 2.05) is 12.1 Å². The maximum atomic E-state index is 9.75. The second-order valence-electron chi connectivity index (χ2n) is 9.71. The molecule has 154 valence electrons. The Morgan fingerprint density at radius 2 is 2.00 bits per heavy atom. The minimum Gasteiger partial charge on any atom is -0.508 e. The van der Waals surface area contributed by atoms with E-state index in [4.69, 9.17) is 4.74 Å². The molecule has 0 aliphatic heterocycles. The molecule has 0 amide bonds. The van der Waals surface area contributed by atoms with Gasteiger partial charge in [-0.2, -0.15) is 0 Å². The van der Waals surface area contributed by atoms with E-state index in [0.29, 0.717) is 17.2 Å². The molecule has 0 spiro atoms. The van der Waals surface area contributed by atoms with Crippen molar-refractivity contribution in [2.45, 2.75) is 64.0 Å². The Hall–Kier alpha value is -2.00. The largest absolute Gasteiger partial charge is 0.508 e. The van der Waals surface area contributed by atoms with Crippen LogP contribution in [-0.4, -0.2) is 18.3 Å². The molecule has 3 aliphatic carbocycles. The molecule has 0 aromatic heterocycles. The highest BCUT2D eigenvalue weighted by molar-refractivity contribution is 5.40. The molecule has 0 radical (unpaired) electrons. The summed E-state index contributed by atoms with van der Waals surface area (Å²) in [7, 11) is 1.77. The average molecular weight is 392 g/mol. The van der Waals surface area contributed by atoms with Gasteiger partial charge in [0, 0.05) is 12.6 Å². The highest BCUT2D eigenvalue weighted by Gasteiger charge is 2.54. The van der Waals surface area contributed by atoms with E-state index in [0.717, 1.165) is 30.0 Å². The molecule has 3 unspecified atom stereocenters. The Labute approximate surface area is 174 Å². The fourth-order valence-electron chi connectivity index (χ4n) is 6.93. The number of hydrogen-bond donors (Lipinski definition) is 2. The number of fused-ring (bicyclic) bond motifs is 5. The van der Waals surface area contributed by atoms with Crippen molar-refractivity contribution in [1.29, 1.82) is 0 Å². The van der Waals surface area contributed by atoms with Crippen LogP contribution in [0.4, 0.5) is 0 Å². The molecule has 0 bridgehead atoms. The van der Waals surface area contributed by atoms with Gasteiger partial charge in [-0.3, -0.25) is 0 Å². The number of phenolic OH excluding ortho intramolecular Hbond substituents is 1. The predicted molar refractivity (Wildman–Crippen MR) is 116 cm³/mol. The third-order valence-electron chi connectivity index (χ3n) is 8.40. The number of phenols is 1. The first-order valence-electron chi connectivity index (χ1n) is 11.3. The molecule has 3 nitrogen and oxygen atoms in total. The number of ether oxygens (including phenoxy) is 1. The van der Waals surface area contributed by atoms with Gasteiger partial charge >= 0.3 is 0 Å². The fourth-order valence-corrected chi connectivity index (χ4v) is 6.93. The van der Waals surface area contributed by atoms with Gasteiger partial charge in [0.1, 0.15) is 11.5 Å². The van der Waals surface area contributed by atoms with Gasteiger partial charge in [0.05, 0.1) is 7.11 Å². The molecule has 2 saturated carbocycles. The van der Waals surface area contributed by atoms with Crippen LogP contribution in [0.2, 0.25) is 0 Å². The molecule has 3 heteroatoms. The monoisotopic (exact) mass is 391 g/mol. The molecule has 2 N–H and O–H groups in total. The number of aromatic hydroxyl groups is 1. The molecule has 2 aromatic carbocycles. The first-order chi connectivity index (χ1) is 14.1. The number of rotatable bonds is 4. The second-order valence-corrected chi connectivity index (χ2v) is 9.71. The molecule has 0 heterocycles. The van der Waals surface area contributed by atoms with Crippen molar-refractivity contribution >= 4 is 0 Å². The first-order valence-corrected chi connectivity index (χ1v) is 11.3. The van der Waals surface area contributed by atoms with Crippen LogP contribution < -0.4 is 10.1 Å². The van der Waals surface area contributed by atoms with Crippen molar-refractivity contribution in [3.63, 3.8) is 0 Å². The van der Waals surface area contributed by atoms with E-state index in [1.165, 1.54) is 49.7 Å². The number of nitrogens with one attached hydrogen (secondary N) is 1. The maximum absolute atomic E-state index is 9.75. The van der Waals surface area contributed by atoms with E-state index >= 15 is 0 Å². The summed E-state index contributed by atoms with van der Waals surface area (Å²) in [5, 5.41) is 13.6. The summed E-state index contributed by atoms with van der Waals surface area (Å²) in [6.07, 6.45) is 7.76. The van der Waals surface area contributed by atoms with E-state index < -0.39 is 0 Å². The molecule has 5 rings (SSSR count). The number of hydrogen-bond acceptors (Lipinski definition) is 3. The SMILES string of the molecule is COc1ccc2c(c1)CCC1C2CC[C@@]2(C)C1CC[C@H]2NCc1cccc(O)c1. The summed E-state index contributed by atoms with van der Waals surface area (Å²) in [6, 6.07) is 15.0. The summed E-state index contributed by atoms with van der Waals surface area (Å²) in [4.78, 5) is 0. The zero-order valence-electron chi connectivity index (χ0n) is 17.7. The van der Waals surface area contributed by atoms with Crippen LogP contribution >= 0.6 is 0 Å². The van der Waals surface area contributed by atoms with Gasteiger partial charge in [-0.15, -0.1) is 0 Å². The number of benzene rings is 2. The maximum Gasteiger partial charge on any atom is 0.119 e. The first kappa shape index (κ1) is 19.0. The average Bonchev–Trinajstić information content (AvgIpc) is 3.08. The highest BCUT2D eigenvalue weighted by atomic mass is 16.5. The standard InChI is InChI=1S/C26H33NO2/c1-26-13-12-22-21-9-7-20(29-2)15-18(21)6-8-23(22)24(26)10-11-25(26)27-16-17-4-3-5-19(28)14-17/h3-5,7,9,14-15,22-25,27-28H,6,8,10-13,16H2,1-2H3/t22?,23?,24?,25-,26+/m1/s1. The third-order valence-corrected chi connectivity index (χ3v) is 8.40. The van der Waals surface area contributed by atoms with Gasteiger partial charge in [-0.1, -0.05) is 25.1 Å². The van der Waals surface area contributed by atoms with Crippen LogP contribution in [0.3, 0.4) is 0 Å². The lowest BCUT2D eigenvalue weighted by molar-refractivity contribution is 0.0408. The van der Waals surface area contributed by atoms with Crippen molar-refractivity contribution in [1.82, 2.24) is 5.32 Å². The number of methoxy groups -OCH3 is 1. The fraction of sp³-hybridized carbons (Fsp3) is 0.538. The lowest BCUT2D eigenvalue weighted by Gasteiger charge is -2.51. The topological polar surface area (TPSA) is 41.5 Å². The smallest absolute Gasteiger partial charge is 0.119 e. The van der Waals surface area contributed by atoms with Gasteiger partial charge in [-0.25, -0.2) is 0 Å². The summed E-state index contributed by atoms with van der Waals surface area (Å²) in [5.41, 5.74) is 4.68. The lowest BCUT2D eigenvalue weighted by Crippen LogP contribution is -2.48. The molecule has 5 atom stereocenters. The van der Waals surface area contributed by atoms with Gasteiger partial charge in [0.25, 0.3) is 0 Å². The Bertz CT molecular complexity index is 894.